The van der Waals surface area contributed by atoms with Crippen molar-refractivity contribution < 1.29 is 14.3 Å². The van der Waals surface area contributed by atoms with E-state index in [1.165, 1.54) is 5.56 Å². The minimum atomic E-state index is -0.458. The van der Waals surface area contributed by atoms with Crippen LogP contribution >= 0.6 is 0 Å². The average Bonchev–Trinajstić information content (AvgIpc) is 2.33. The van der Waals surface area contributed by atoms with Gasteiger partial charge in [0.15, 0.2) is 6.10 Å². The van der Waals surface area contributed by atoms with Gasteiger partial charge < -0.3 is 14.8 Å². The van der Waals surface area contributed by atoms with Gasteiger partial charge in [-0.05, 0) is 17.5 Å². The fourth-order valence-electron chi connectivity index (χ4n) is 2.21. The van der Waals surface area contributed by atoms with E-state index in [2.05, 4.69) is 11.4 Å². The van der Waals surface area contributed by atoms with Crippen LogP contribution in [-0.4, -0.2) is 31.8 Å². The summed E-state index contributed by atoms with van der Waals surface area (Å²) >= 11 is 0. The molecule has 1 fully saturated rings. The summed E-state index contributed by atoms with van der Waals surface area (Å²) in [5.41, 5.74) is 2.21. The second-order valence-electron chi connectivity index (χ2n) is 4.44. The molecule has 4 heteroatoms. The van der Waals surface area contributed by atoms with Gasteiger partial charge in [-0.15, -0.1) is 0 Å². The Hall–Kier alpha value is -1.39. The number of hydrogen-bond acceptors (Lipinski definition) is 3. The second-order valence-corrected chi connectivity index (χ2v) is 4.44. The first-order chi connectivity index (χ1) is 8.34. The maximum absolute atomic E-state index is 12.1. The standard InChI is InChI=1S/C13H15NO3/c15-13(14-10-7-16-8-10)12-11-4-2-1-3-9(11)5-6-17-12/h1-4,10,12H,5-8H2,(H,14,15). The van der Waals surface area contributed by atoms with Crippen LogP contribution in [0.2, 0.25) is 0 Å². The molecule has 17 heavy (non-hydrogen) atoms. The van der Waals surface area contributed by atoms with Crippen molar-refractivity contribution in [1.82, 2.24) is 5.32 Å². The van der Waals surface area contributed by atoms with E-state index in [0.717, 1.165) is 12.0 Å². The zero-order valence-electron chi connectivity index (χ0n) is 9.52. The Morgan fingerprint density at radius 1 is 1.29 bits per heavy atom. The first kappa shape index (κ1) is 10.7. The van der Waals surface area contributed by atoms with E-state index in [0.29, 0.717) is 19.8 Å². The zero-order valence-corrected chi connectivity index (χ0v) is 9.52. The summed E-state index contributed by atoms with van der Waals surface area (Å²) in [6.07, 6.45) is 0.424. The second kappa shape index (κ2) is 4.47. The van der Waals surface area contributed by atoms with Crippen molar-refractivity contribution in [3.63, 3.8) is 0 Å². The first-order valence-electron chi connectivity index (χ1n) is 5.92. The molecule has 0 aliphatic carbocycles. The van der Waals surface area contributed by atoms with Crippen LogP contribution in [0, 0.1) is 0 Å². The van der Waals surface area contributed by atoms with Crippen LogP contribution in [0.5, 0.6) is 0 Å². The molecular weight excluding hydrogens is 218 g/mol. The molecule has 1 amide bonds. The monoisotopic (exact) mass is 233 g/mol. The van der Waals surface area contributed by atoms with Crippen molar-refractivity contribution in [1.29, 1.82) is 0 Å². The maximum atomic E-state index is 12.1. The number of ether oxygens (including phenoxy) is 2. The molecule has 1 saturated heterocycles. The van der Waals surface area contributed by atoms with Gasteiger partial charge in [0.05, 0.1) is 25.9 Å². The molecule has 2 heterocycles. The molecule has 0 bridgehead atoms. The Morgan fingerprint density at radius 3 is 2.88 bits per heavy atom. The van der Waals surface area contributed by atoms with Gasteiger partial charge in [0.2, 0.25) is 0 Å². The number of hydrogen-bond donors (Lipinski definition) is 1. The summed E-state index contributed by atoms with van der Waals surface area (Å²) in [5.74, 6) is -0.0505. The fourth-order valence-corrected chi connectivity index (χ4v) is 2.21. The van der Waals surface area contributed by atoms with Gasteiger partial charge >= 0.3 is 0 Å². The lowest BCUT2D eigenvalue weighted by Gasteiger charge is -2.30. The fraction of sp³-hybridized carbons (Fsp3) is 0.462. The number of amides is 1. The Labute approximate surface area is 99.9 Å². The third-order valence-corrected chi connectivity index (χ3v) is 3.22. The molecule has 2 aliphatic rings. The molecule has 90 valence electrons. The van der Waals surface area contributed by atoms with Gasteiger partial charge in [-0.25, -0.2) is 0 Å². The number of nitrogens with one attached hydrogen (secondary N) is 1. The normalized spacial score (nSPS) is 23.6. The highest BCUT2D eigenvalue weighted by Gasteiger charge is 2.30. The summed E-state index contributed by atoms with van der Waals surface area (Å²) in [5, 5.41) is 2.94. The summed E-state index contributed by atoms with van der Waals surface area (Å²) < 4.78 is 10.6. The molecule has 0 spiro atoms. The topological polar surface area (TPSA) is 47.6 Å². The highest BCUT2D eigenvalue weighted by Crippen LogP contribution is 2.27. The largest absolute Gasteiger partial charge is 0.377 e. The van der Waals surface area contributed by atoms with Crippen molar-refractivity contribution in [3.8, 4) is 0 Å². The molecule has 3 rings (SSSR count). The van der Waals surface area contributed by atoms with Crippen LogP contribution in [0.15, 0.2) is 24.3 Å². The van der Waals surface area contributed by atoms with Crippen molar-refractivity contribution in [2.75, 3.05) is 19.8 Å². The van der Waals surface area contributed by atoms with E-state index in [9.17, 15) is 4.79 Å². The molecule has 4 nitrogen and oxygen atoms in total. The van der Waals surface area contributed by atoms with Gasteiger partial charge in [0.25, 0.3) is 5.91 Å². The molecule has 2 aliphatic heterocycles. The number of benzene rings is 1. The maximum Gasteiger partial charge on any atom is 0.254 e. The number of rotatable bonds is 2. The van der Waals surface area contributed by atoms with Gasteiger partial charge in [0.1, 0.15) is 0 Å². The van der Waals surface area contributed by atoms with E-state index in [1.54, 1.807) is 0 Å². The molecule has 1 N–H and O–H groups in total. The van der Waals surface area contributed by atoms with Crippen molar-refractivity contribution in [2.45, 2.75) is 18.6 Å². The lowest BCUT2D eigenvalue weighted by Crippen LogP contribution is -2.50. The Morgan fingerprint density at radius 2 is 2.12 bits per heavy atom. The summed E-state index contributed by atoms with van der Waals surface area (Å²) in [6.45, 7) is 1.83. The quantitative estimate of drug-likeness (QED) is 0.822. The number of carbonyl (C=O) groups excluding carboxylic acids is 1. The van der Waals surface area contributed by atoms with Crippen molar-refractivity contribution >= 4 is 5.91 Å². The van der Waals surface area contributed by atoms with Gasteiger partial charge in [-0.2, -0.15) is 0 Å². The summed E-state index contributed by atoms with van der Waals surface area (Å²) in [4.78, 5) is 12.1. The number of fused-ring (bicyclic) bond motifs is 1. The van der Waals surface area contributed by atoms with Crippen LogP contribution in [0.1, 0.15) is 17.2 Å². The smallest absolute Gasteiger partial charge is 0.254 e. The number of carbonyl (C=O) groups is 1. The van der Waals surface area contributed by atoms with E-state index >= 15 is 0 Å². The van der Waals surface area contributed by atoms with Crippen LogP contribution in [0.3, 0.4) is 0 Å². The summed E-state index contributed by atoms with van der Waals surface area (Å²) in [6, 6.07) is 8.12. The Bertz CT molecular complexity index is 428. The average molecular weight is 233 g/mol. The Kier molecular flexibility index (Phi) is 2.82. The highest BCUT2D eigenvalue weighted by atomic mass is 16.5. The molecule has 1 aromatic rings. The third kappa shape index (κ3) is 2.06. The van der Waals surface area contributed by atoms with Crippen LogP contribution < -0.4 is 5.32 Å². The molecule has 0 saturated carbocycles. The third-order valence-electron chi connectivity index (χ3n) is 3.22. The van der Waals surface area contributed by atoms with Crippen molar-refractivity contribution in [2.24, 2.45) is 0 Å². The lowest BCUT2D eigenvalue weighted by molar-refractivity contribution is -0.138. The molecule has 1 atom stereocenters. The molecule has 1 aromatic carbocycles. The SMILES string of the molecule is O=C(NC1COC1)C1OCCc2ccccc21. The Balaban J connectivity index is 1.77. The van der Waals surface area contributed by atoms with Crippen LogP contribution in [0.25, 0.3) is 0 Å². The minimum Gasteiger partial charge on any atom is -0.377 e. The first-order valence-corrected chi connectivity index (χ1v) is 5.92. The highest BCUT2D eigenvalue weighted by molar-refractivity contribution is 5.83. The predicted molar refractivity (Wildman–Crippen MR) is 61.6 cm³/mol. The molecule has 0 aromatic heterocycles. The van der Waals surface area contributed by atoms with E-state index in [4.69, 9.17) is 9.47 Å². The van der Waals surface area contributed by atoms with E-state index < -0.39 is 6.10 Å². The zero-order chi connectivity index (χ0) is 11.7. The minimum absolute atomic E-state index is 0.0505. The molecule has 0 radical (unpaired) electrons. The van der Waals surface area contributed by atoms with E-state index in [1.807, 2.05) is 18.2 Å². The van der Waals surface area contributed by atoms with Crippen LogP contribution in [0.4, 0.5) is 0 Å². The summed E-state index contributed by atoms with van der Waals surface area (Å²) in [7, 11) is 0. The van der Waals surface area contributed by atoms with Gasteiger partial charge in [-0.1, -0.05) is 24.3 Å². The van der Waals surface area contributed by atoms with Crippen LogP contribution in [-0.2, 0) is 20.7 Å². The van der Waals surface area contributed by atoms with E-state index in [-0.39, 0.29) is 11.9 Å². The molecule has 1 unspecified atom stereocenters. The van der Waals surface area contributed by atoms with Gasteiger partial charge in [-0.3, -0.25) is 4.79 Å². The molecular formula is C13H15NO3. The lowest BCUT2D eigenvalue weighted by atomic mass is 9.97. The van der Waals surface area contributed by atoms with Crippen molar-refractivity contribution in [3.05, 3.63) is 35.4 Å². The van der Waals surface area contributed by atoms with Gasteiger partial charge in [0, 0.05) is 0 Å². The predicted octanol–water partition coefficient (Wildman–Crippen LogP) is 0.815.